The number of carbonyl (C=O) groups is 1. The van der Waals surface area contributed by atoms with Crippen molar-refractivity contribution >= 4 is 34.8 Å². The Morgan fingerprint density at radius 3 is 2.67 bits per heavy atom. The van der Waals surface area contributed by atoms with Crippen molar-refractivity contribution in [3.63, 3.8) is 0 Å². The summed E-state index contributed by atoms with van der Waals surface area (Å²) in [5.41, 5.74) is 0.637. The van der Waals surface area contributed by atoms with Crippen LogP contribution < -0.4 is 5.32 Å². The first-order valence-electron chi connectivity index (χ1n) is 6.08. The van der Waals surface area contributed by atoms with Crippen LogP contribution in [0.2, 0.25) is 10.0 Å². The maximum atomic E-state index is 12.2. The van der Waals surface area contributed by atoms with E-state index in [4.69, 9.17) is 23.2 Å². The van der Waals surface area contributed by atoms with Crippen molar-refractivity contribution < 1.29 is 4.79 Å². The van der Waals surface area contributed by atoms with Gasteiger partial charge < -0.3 is 5.32 Å². The molecule has 4 heteroatoms. The molecule has 1 aromatic rings. The molecule has 2 aliphatic rings. The molecule has 1 saturated carbocycles. The normalized spacial score (nSPS) is 28.7. The molecule has 3 rings (SSSR count). The van der Waals surface area contributed by atoms with E-state index in [9.17, 15) is 4.79 Å². The quantitative estimate of drug-likeness (QED) is 0.811. The molecule has 0 radical (unpaired) electrons. The van der Waals surface area contributed by atoms with Crippen molar-refractivity contribution in [2.75, 3.05) is 5.32 Å². The van der Waals surface area contributed by atoms with Crippen molar-refractivity contribution in [1.29, 1.82) is 0 Å². The molecule has 2 aliphatic carbocycles. The van der Waals surface area contributed by atoms with Crippen LogP contribution in [0.4, 0.5) is 5.69 Å². The minimum absolute atomic E-state index is 0.0658. The first-order valence-corrected chi connectivity index (χ1v) is 6.83. The van der Waals surface area contributed by atoms with Crippen LogP contribution in [-0.4, -0.2) is 5.91 Å². The van der Waals surface area contributed by atoms with Gasteiger partial charge in [-0.2, -0.15) is 0 Å². The summed E-state index contributed by atoms with van der Waals surface area (Å²) in [4.78, 5) is 12.2. The molecule has 94 valence electrons. The summed E-state index contributed by atoms with van der Waals surface area (Å²) in [7, 11) is 0. The average molecular weight is 282 g/mol. The molecular formula is C14H13Cl2NO. The van der Waals surface area contributed by atoms with Crippen LogP contribution in [0, 0.1) is 17.8 Å². The van der Waals surface area contributed by atoms with E-state index in [2.05, 4.69) is 17.5 Å². The van der Waals surface area contributed by atoms with E-state index in [1.807, 2.05) is 0 Å². The van der Waals surface area contributed by atoms with Crippen molar-refractivity contribution in [1.82, 2.24) is 0 Å². The molecule has 2 nitrogen and oxygen atoms in total. The summed E-state index contributed by atoms with van der Waals surface area (Å²) in [5.74, 6) is 1.15. The van der Waals surface area contributed by atoms with Crippen LogP contribution in [0.15, 0.2) is 30.4 Å². The number of carbonyl (C=O) groups excluding carboxylic acids is 1. The molecular weight excluding hydrogens is 269 g/mol. The number of allylic oxidation sites excluding steroid dienone is 2. The van der Waals surface area contributed by atoms with Crippen LogP contribution in [0.3, 0.4) is 0 Å². The highest BCUT2D eigenvalue weighted by molar-refractivity contribution is 6.36. The summed E-state index contributed by atoms with van der Waals surface area (Å²) < 4.78 is 0. The molecule has 3 unspecified atom stereocenters. The Morgan fingerprint density at radius 2 is 2.06 bits per heavy atom. The van der Waals surface area contributed by atoms with Gasteiger partial charge in [0.05, 0.1) is 10.7 Å². The maximum Gasteiger partial charge on any atom is 0.228 e. The lowest BCUT2D eigenvalue weighted by molar-refractivity contribution is -0.120. The van der Waals surface area contributed by atoms with E-state index in [1.54, 1.807) is 18.2 Å². The van der Waals surface area contributed by atoms with Crippen LogP contribution >= 0.6 is 23.2 Å². The van der Waals surface area contributed by atoms with Crippen molar-refractivity contribution in [3.8, 4) is 0 Å². The second kappa shape index (κ2) is 4.60. The van der Waals surface area contributed by atoms with E-state index in [-0.39, 0.29) is 11.8 Å². The highest BCUT2D eigenvalue weighted by Crippen LogP contribution is 2.44. The molecule has 3 atom stereocenters. The molecule has 0 saturated heterocycles. The Hall–Kier alpha value is -0.990. The number of amides is 1. The number of hydrogen-bond donors (Lipinski definition) is 1. The predicted octanol–water partition coefficient (Wildman–Crippen LogP) is 4.14. The first-order chi connectivity index (χ1) is 8.63. The highest BCUT2D eigenvalue weighted by Gasteiger charge is 2.39. The number of nitrogens with one attached hydrogen (secondary N) is 1. The smallest absolute Gasteiger partial charge is 0.228 e. The third kappa shape index (κ3) is 2.15. The zero-order chi connectivity index (χ0) is 12.7. The van der Waals surface area contributed by atoms with Crippen LogP contribution in [-0.2, 0) is 4.79 Å². The summed E-state index contributed by atoms with van der Waals surface area (Å²) >= 11 is 11.9. The summed E-state index contributed by atoms with van der Waals surface area (Å²) in [6, 6.07) is 5.11. The van der Waals surface area contributed by atoms with Crippen molar-refractivity contribution in [2.45, 2.75) is 12.8 Å². The van der Waals surface area contributed by atoms with Gasteiger partial charge in [0.15, 0.2) is 0 Å². The molecule has 0 heterocycles. The fourth-order valence-corrected chi connectivity index (χ4v) is 3.35. The summed E-state index contributed by atoms with van der Waals surface area (Å²) in [6.07, 6.45) is 6.47. The van der Waals surface area contributed by atoms with Gasteiger partial charge in [-0.05, 0) is 42.9 Å². The number of fused-ring (bicyclic) bond motifs is 2. The molecule has 1 N–H and O–H groups in total. The van der Waals surface area contributed by atoms with Gasteiger partial charge in [0.1, 0.15) is 0 Å². The fourth-order valence-electron chi connectivity index (χ4n) is 2.90. The van der Waals surface area contributed by atoms with Gasteiger partial charge in [-0.1, -0.05) is 35.4 Å². The van der Waals surface area contributed by atoms with Gasteiger partial charge in [-0.3, -0.25) is 4.79 Å². The monoisotopic (exact) mass is 281 g/mol. The fraction of sp³-hybridized carbons (Fsp3) is 0.357. The Morgan fingerprint density at radius 1 is 1.22 bits per heavy atom. The third-order valence-electron chi connectivity index (χ3n) is 3.80. The summed E-state index contributed by atoms with van der Waals surface area (Å²) in [5, 5.41) is 3.95. The number of halogens is 2. The summed E-state index contributed by atoms with van der Waals surface area (Å²) in [6.45, 7) is 0. The zero-order valence-electron chi connectivity index (χ0n) is 9.70. The Labute approximate surface area is 116 Å². The molecule has 1 aromatic carbocycles. The Kier molecular flexibility index (Phi) is 3.08. The minimum Gasteiger partial charge on any atom is -0.325 e. The Bertz CT molecular complexity index is 527. The van der Waals surface area contributed by atoms with Gasteiger partial charge in [0.2, 0.25) is 5.91 Å². The van der Waals surface area contributed by atoms with E-state index >= 15 is 0 Å². The predicted molar refractivity (Wildman–Crippen MR) is 73.9 cm³/mol. The van der Waals surface area contributed by atoms with Crippen LogP contribution in [0.5, 0.6) is 0 Å². The number of benzene rings is 1. The van der Waals surface area contributed by atoms with E-state index in [0.717, 1.165) is 12.8 Å². The largest absolute Gasteiger partial charge is 0.325 e. The molecule has 0 spiro atoms. The van der Waals surface area contributed by atoms with Gasteiger partial charge >= 0.3 is 0 Å². The van der Waals surface area contributed by atoms with E-state index in [1.165, 1.54) is 0 Å². The Balaban J connectivity index is 1.73. The first kappa shape index (κ1) is 12.1. The van der Waals surface area contributed by atoms with Crippen LogP contribution in [0.1, 0.15) is 12.8 Å². The third-order valence-corrected chi connectivity index (χ3v) is 4.35. The van der Waals surface area contributed by atoms with Gasteiger partial charge in [-0.25, -0.2) is 0 Å². The lowest BCUT2D eigenvalue weighted by atomic mass is 9.93. The maximum absolute atomic E-state index is 12.2. The van der Waals surface area contributed by atoms with Gasteiger partial charge in [0.25, 0.3) is 0 Å². The second-order valence-electron chi connectivity index (χ2n) is 5.00. The molecule has 2 bridgehead atoms. The number of hydrogen-bond acceptors (Lipinski definition) is 1. The van der Waals surface area contributed by atoms with Gasteiger partial charge in [0, 0.05) is 10.9 Å². The standard InChI is InChI=1S/C14H13Cl2NO/c15-10-3-4-13(12(16)7-10)17-14(18)11-6-8-1-2-9(11)5-8/h1-4,7-9,11H,5-6H2,(H,17,18). The molecule has 18 heavy (non-hydrogen) atoms. The number of rotatable bonds is 2. The molecule has 1 fully saturated rings. The van der Waals surface area contributed by atoms with Gasteiger partial charge in [-0.15, -0.1) is 0 Å². The number of anilines is 1. The van der Waals surface area contributed by atoms with E-state index in [0.29, 0.717) is 27.6 Å². The lowest BCUT2D eigenvalue weighted by Crippen LogP contribution is -2.26. The molecule has 0 aliphatic heterocycles. The van der Waals surface area contributed by atoms with Crippen molar-refractivity contribution in [3.05, 3.63) is 40.4 Å². The second-order valence-corrected chi connectivity index (χ2v) is 5.84. The van der Waals surface area contributed by atoms with Crippen LogP contribution in [0.25, 0.3) is 0 Å². The highest BCUT2D eigenvalue weighted by atomic mass is 35.5. The lowest BCUT2D eigenvalue weighted by Gasteiger charge is -2.18. The van der Waals surface area contributed by atoms with Crippen molar-refractivity contribution in [2.24, 2.45) is 17.8 Å². The zero-order valence-corrected chi connectivity index (χ0v) is 11.2. The minimum atomic E-state index is 0.0658. The molecule has 1 amide bonds. The van der Waals surface area contributed by atoms with E-state index < -0.39 is 0 Å². The average Bonchev–Trinajstić information content (AvgIpc) is 2.94. The topological polar surface area (TPSA) is 29.1 Å². The molecule has 0 aromatic heterocycles. The SMILES string of the molecule is O=C(Nc1ccc(Cl)cc1Cl)C1CC2C=CC1C2.